The van der Waals surface area contributed by atoms with Crippen molar-refractivity contribution < 1.29 is 9.21 Å². The second kappa shape index (κ2) is 8.31. The Morgan fingerprint density at radius 3 is 2.74 bits per heavy atom. The number of hydrogen-bond acceptors (Lipinski definition) is 4. The van der Waals surface area contributed by atoms with Crippen LogP contribution in [-0.4, -0.2) is 21.7 Å². The van der Waals surface area contributed by atoms with E-state index in [0.29, 0.717) is 5.56 Å². The van der Waals surface area contributed by atoms with Gasteiger partial charge >= 0.3 is 5.76 Å². The molecular formula is C17H23N3O3. The smallest absolute Gasteiger partial charge is 0.388 e. The predicted molar refractivity (Wildman–Crippen MR) is 87.9 cm³/mol. The van der Waals surface area contributed by atoms with E-state index in [-0.39, 0.29) is 24.4 Å². The highest BCUT2D eigenvalue weighted by Crippen LogP contribution is 2.13. The van der Waals surface area contributed by atoms with Crippen LogP contribution in [0.3, 0.4) is 0 Å². The number of carbonyl (C=O) groups excluding carboxylic acids is 1. The van der Waals surface area contributed by atoms with Crippen LogP contribution in [0.25, 0.3) is 11.5 Å². The molecule has 0 bridgehead atoms. The van der Waals surface area contributed by atoms with Crippen molar-refractivity contribution in [1.29, 1.82) is 0 Å². The van der Waals surface area contributed by atoms with Crippen molar-refractivity contribution in [1.82, 2.24) is 15.1 Å². The molecule has 2 rings (SSSR count). The Kier molecular flexibility index (Phi) is 6.14. The van der Waals surface area contributed by atoms with Crippen LogP contribution in [0, 0.1) is 0 Å². The van der Waals surface area contributed by atoms with Crippen molar-refractivity contribution >= 4 is 5.91 Å². The third kappa shape index (κ3) is 5.09. The van der Waals surface area contributed by atoms with E-state index in [1.807, 2.05) is 25.1 Å². The van der Waals surface area contributed by atoms with Crippen LogP contribution in [0.15, 0.2) is 39.5 Å². The average molecular weight is 317 g/mol. The van der Waals surface area contributed by atoms with Crippen molar-refractivity contribution in [2.75, 3.05) is 0 Å². The monoisotopic (exact) mass is 317 g/mol. The standard InChI is InChI=1S/C17H23N3O3/c1-3-4-6-9-13(2)18-15(21)12-20-17(22)23-16(19-20)14-10-7-5-8-11-14/h5,7-8,10-11,13H,3-4,6,9,12H2,1-2H3,(H,18,21)/t13-/m0/s1. The lowest BCUT2D eigenvalue weighted by Crippen LogP contribution is -2.37. The van der Waals surface area contributed by atoms with E-state index in [4.69, 9.17) is 4.42 Å². The minimum Gasteiger partial charge on any atom is -0.388 e. The van der Waals surface area contributed by atoms with Crippen molar-refractivity contribution in [2.45, 2.75) is 52.1 Å². The molecule has 0 saturated heterocycles. The molecule has 0 saturated carbocycles. The maximum Gasteiger partial charge on any atom is 0.437 e. The van der Waals surface area contributed by atoms with Gasteiger partial charge in [0.15, 0.2) is 0 Å². The van der Waals surface area contributed by atoms with Crippen LogP contribution >= 0.6 is 0 Å². The van der Waals surface area contributed by atoms with E-state index in [9.17, 15) is 9.59 Å². The fourth-order valence-electron chi connectivity index (χ4n) is 2.33. The lowest BCUT2D eigenvalue weighted by atomic mass is 10.1. The molecule has 6 heteroatoms. The number of benzene rings is 1. The van der Waals surface area contributed by atoms with E-state index >= 15 is 0 Å². The van der Waals surface area contributed by atoms with E-state index in [0.717, 1.165) is 30.4 Å². The molecule has 0 aliphatic carbocycles. The van der Waals surface area contributed by atoms with Gasteiger partial charge in [-0.15, -0.1) is 5.10 Å². The molecule has 0 aliphatic heterocycles. The van der Waals surface area contributed by atoms with E-state index < -0.39 is 5.76 Å². The zero-order chi connectivity index (χ0) is 16.7. The van der Waals surface area contributed by atoms with Gasteiger partial charge in [-0.05, 0) is 25.5 Å². The molecule has 124 valence electrons. The number of rotatable bonds is 8. The first-order valence-corrected chi connectivity index (χ1v) is 8.03. The SMILES string of the molecule is CCCCC[C@H](C)NC(=O)Cn1nc(-c2ccccc2)oc1=O. The van der Waals surface area contributed by atoms with Crippen LogP contribution in [0.5, 0.6) is 0 Å². The van der Waals surface area contributed by atoms with Gasteiger partial charge < -0.3 is 9.73 Å². The zero-order valence-corrected chi connectivity index (χ0v) is 13.6. The topological polar surface area (TPSA) is 77.1 Å². The molecular weight excluding hydrogens is 294 g/mol. The molecule has 6 nitrogen and oxygen atoms in total. The number of unbranched alkanes of at least 4 members (excludes halogenated alkanes) is 2. The molecule has 1 aromatic heterocycles. The highest BCUT2D eigenvalue weighted by molar-refractivity contribution is 5.75. The highest BCUT2D eigenvalue weighted by Gasteiger charge is 2.14. The Morgan fingerprint density at radius 2 is 2.04 bits per heavy atom. The molecule has 1 aromatic carbocycles. The number of nitrogens with zero attached hydrogens (tertiary/aromatic N) is 2. The summed E-state index contributed by atoms with van der Waals surface area (Å²) < 4.78 is 6.15. The molecule has 1 amide bonds. The second-order valence-electron chi connectivity index (χ2n) is 5.66. The summed E-state index contributed by atoms with van der Waals surface area (Å²) >= 11 is 0. The quantitative estimate of drug-likeness (QED) is 0.759. The van der Waals surface area contributed by atoms with Gasteiger partial charge in [0, 0.05) is 11.6 Å². The summed E-state index contributed by atoms with van der Waals surface area (Å²) in [6, 6.07) is 9.21. The van der Waals surface area contributed by atoms with Crippen LogP contribution < -0.4 is 11.1 Å². The van der Waals surface area contributed by atoms with E-state index in [1.54, 1.807) is 12.1 Å². The molecule has 2 aromatic rings. The number of carbonyl (C=O) groups is 1. The van der Waals surface area contributed by atoms with Crippen LogP contribution in [-0.2, 0) is 11.3 Å². The van der Waals surface area contributed by atoms with Gasteiger partial charge in [-0.25, -0.2) is 4.79 Å². The molecule has 1 heterocycles. The Morgan fingerprint density at radius 1 is 1.30 bits per heavy atom. The normalized spacial score (nSPS) is 12.1. The third-order valence-electron chi connectivity index (χ3n) is 3.57. The largest absolute Gasteiger partial charge is 0.437 e. The summed E-state index contributed by atoms with van der Waals surface area (Å²) in [6.07, 6.45) is 4.32. The zero-order valence-electron chi connectivity index (χ0n) is 13.6. The number of nitrogens with one attached hydrogen (secondary N) is 1. The summed E-state index contributed by atoms with van der Waals surface area (Å²) in [5.74, 6) is -0.638. The molecule has 0 fully saturated rings. The Bertz CT molecular complexity index is 676. The summed E-state index contributed by atoms with van der Waals surface area (Å²) in [7, 11) is 0. The molecule has 0 unspecified atom stereocenters. The van der Waals surface area contributed by atoms with Crippen molar-refractivity contribution in [3.8, 4) is 11.5 Å². The number of amides is 1. The maximum absolute atomic E-state index is 12.0. The van der Waals surface area contributed by atoms with Gasteiger partial charge in [0.05, 0.1) is 0 Å². The first kappa shape index (κ1) is 17.0. The minimum absolute atomic E-state index is 0.0882. The van der Waals surface area contributed by atoms with Gasteiger partial charge in [0.1, 0.15) is 6.54 Å². The average Bonchev–Trinajstić information content (AvgIpc) is 2.89. The van der Waals surface area contributed by atoms with Gasteiger partial charge in [0.2, 0.25) is 11.8 Å². The van der Waals surface area contributed by atoms with Crippen LogP contribution in [0.2, 0.25) is 0 Å². The molecule has 0 spiro atoms. The summed E-state index contributed by atoms with van der Waals surface area (Å²) in [6.45, 7) is 3.98. The first-order valence-electron chi connectivity index (χ1n) is 8.03. The van der Waals surface area contributed by atoms with Gasteiger partial charge in [-0.3, -0.25) is 4.79 Å². The lowest BCUT2D eigenvalue weighted by Gasteiger charge is -2.13. The second-order valence-corrected chi connectivity index (χ2v) is 5.66. The first-order chi connectivity index (χ1) is 11.1. The van der Waals surface area contributed by atoms with E-state index in [1.165, 1.54) is 0 Å². The number of hydrogen-bond donors (Lipinski definition) is 1. The molecule has 0 radical (unpaired) electrons. The fourth-order valence-corrected chi connectivity index (χ4v) is 2.33. The van der Waals surface area contributed by atoms with E-state index in [2.05, 4.69) is 17.3 Å². The fraction of sp³-hybridized carbons (Fsp3) is 0.471. The van der Waals surface area contributed by atoms with Crippen molar-refractivity contribution in [2.24, 2.45) is 0 Å². The Labute approximate surface area is 135 Å². The van der Waals surface area contributed by atoms with Gasteiger partial charge in [-0.2, -0.15) is 4.68 Å². The summed E-state index contributed by atoms with van der Waals surface area (Å²) in [5.41, 5.74) is 0.705. The third-order valence-corrected chi connectivity index (χ3v) is 3.57. The van der Waals surface area contributed by atoms with Crippen molar-refractivity contribution in [3.63, 3.8) is 0 Å². The number of aromatic nitrogens is 2. The maximum atomic E-state index is 12.0. The van der Waals surface area contributed by atoms with Gasteiger partial charge in [0.25, 0.3) is 0 Å². The molecule has 23 heavy (non-hydrogen) atoms. The van der Waals surface area contributed by atoms with Crippen molar-refractivity contribution in [3.05, 3.63) is 40.9 Å². The summed E-state index contributed by atoms with van der Waals surface area (Å²) in [4.78, 5) is 23.8. The highest BCUT2D eigenvalue weighted by atomic mass is 16.4. The molecule has 0 aliphatic rings. The van der Waals surface area contributed by atoms with Crippen LogP contribution in [0.4, 0.5) is 0 Å². The van der Waals surface area contributed by atoms with Gasteiger partial charge in [-0.1, -0.05) is 44.4 Å². The minimum atomic E-state index is -0.627. The Hall–Kier alpha value is -2.37. The molecule has 1 atom stereocenters. The molecule has 1 N–H and O–H groups in total. The summed E-state index contributed by atoms with van der Waals surface area (Å²) in [5, 5.41) is 6.96. The lowest BCUT2D eigenvalue weighted by molar-refractivity contribution is -0.122. The van der Waals surface area contributed by atoms with Crippen LogP contribution in [0.1, 0.15) is 39.5 Å². The Balaban J connectivity index is 1.94. The predicted octanol–water partition coefficient (Wildman–Crippen LogP) is 2.59.